The van der Waals surface area contributed by atoms with Crippen LogP contribution in [0.4, 0.5) is 5.69 Å². The average molecular weight is 264 g/mol. The van der Waals surface area contributed by atoms with E-state index in [0.29, 0.717) is 6.54 Å². The summed E-state index contributed by atoms with van der Waals surface area (Å²) in [5.41, 5.74) is 2.45. The number of aliphatic hydroxyl groups is 2. The predicted octanol–water partition coefficient (Wildman–Crippen LogP) is 1.94. The van der Waals surface area contributed by atoms with E-state index in [9.17, 15) is 5.11 Å². The van der Waals surface area contributed by atoms with Gasteiger partial charge in [0, 0.05) is 18.7 Å². The Bertz CT molecular complexity index is 524. The Kier molecular flexibility index (Phi) is 4.76. The maximum Gasteiger partial charge on any atom is 0.195 e. The summed E-state index contributed by atoms with van der Waals surface area (Å²) in [6.07, 6.45) is 2.29. The van der Waals surface area contributed by atoms with Gasteiger partial charge in [0.05, 0.1) is 12.7 Å². The summed E-state index contributed by atoms with van der Waals surface area (Å²) >= 11 is 0. The van der Waals surface area contributed by atoms with Crippen molar-refractivity contribution in [1.29, 1.82) is 0 Å². The Morgan fingerprint density at radius 3 is 3.00 bits per heavy atom. The summed E-state index contributed by atoms with van der Waals surface area (Å²) in [5, 5.41) is 21.1. The maximum absolute atomic E-state index is 9.29. The molecule has 0 radical (unpaired) electrons. The minimum atomic E-state index is -0.756. The van der Waals surface area contributed by atoms with Gasteiger partial charge in [0.1, 0.15) is 5.52 Å². The Morgan fingerprint density at radius 2 is 2.26 bits per heavy atom. The molecule has 1 atom stereocenters. The standard InChI is InChI=1S/C14H20N2O3/c1-2-3-4-14-16-12-7-10(5-6-13(12)19-14)15-8-11(18)9-17/h5-7,11,15,17-18H,2-4,8-9H2,1H3. The molecule has 0 aliphatic heterocycles. The van der Waals surface area contributed by atoms with E-state index in [-0.39, 0.29) is 6.61 Å². The van der Waals surface area contributed by atoms with Gasteiger partial charge in [0.2, 0.25) is 0 Å². The minimum absolute atomic E-state index is 0.250. The summed E-state index contributed by atoms with van der Waals surface area (Å²) in [4.78, 5) is 4.44. The first-order valence-corrected chi connectivity index (χ1v) is 6.65. The Hall–Kier alpha value is -1.59. The molecule has 5 nitrogen and oxygen atoms in total. The molecule has 0 bridgehead atoms. The van der Waals surface area contributed by atoms with Gasteiger partial charge in [-0.3, -0.25) is 0 Å². The van der Waals surface area contributed by atoms with E-state index in [1.165, 1.54) is 0 Å². The summed E-state index contributed by atoms with van der Waals surface area (Å²) in [5.74, 6) is 0.768. The molecule has 2 aromatic rings. The van der Waals surface area contributed by atoms with Gasteiger partial charge < -0.3 is 19.9 Å². The summed E-state index contributed by atoms with van der Waals surface area (Å²) in [7, 11) is 0. The predicted molar refractivity (Wildman–Crippen MR) is 74.2 cm³/mol. The number of aliphatic hydroxyl groups excluding tert-OH is 2. The Balaban J connectivity index is 2.07. The molecule has 5 heteroatoms. The van der Waals surface area contributed by atoms with Gasteiger partial charge in [0.15, 0.2) is 11.5 Å². The van der Waals surface area contributed by atoms with Crippen molar-refractivity contribution in [2.75, 3.05) is 18.5 Å². The largest absolute Gasteiger partial charge is 0.441 e. The van der Waals surface area contributed by atoms with Crippen molar-refractivity contribution in [2.45, 2.75) is 32.3 Å². The lowest BCUT2D eigenvalue weighted by atomic mass is 10.2. The van der Waals surface area contributed by atoms with Crippen LogP contribution in [-0.4, -0.2) is 34.5 Å². The van der Waals surface area contributed by atoms with Crippen molar-refractivity contribution in [3.8, 4) is 0 Å². The topological polar surface area (TPSA) is 78.5 Å². The first-order valence-electron chi connectivity index (χ1n) is 6.65. The van der Waals surface area contributed by atoms with E-state index in [1.54, 1.807) is 0 Å². The quantitative estimate of drug-likeness (QED) is 0.712. The zero-order valence-corrected chi connectivity index (χ0v) is 11.1. The molecule has 0 fully saturated rings. The molecule has 0 aliphatic rings. The number of hydrogen-bond acceptors (Lipinski definition) is 5. The van der Waals surface area contributed by atoms with Gasteiger partial charge in [-0.25, -0.2) is 4.98 Å². The second-order valence-corrected chi connectivity index (χ2v) is 4.61. The molecule has 1 aromatic carbocycles. The number of hydrogen-bond donors (Lipinski definition) is 3. The van der Waals surface area contributed by atoms with Gasteiger partial charge in [-0.05, 0) is 24.6 Å². The van der Waals surface area contributed by atoms with Crippen LogP contribution in [0.1, 0.15) is 25.7 Å². The normalized spacial score (nSPS) is 12.8. The van der Waals surface area contributed by atoms with Crippen LogP contribution in [0, 0.1) is 0 Å². The molecule has 0 saturated heterocycles. The first-order chi connectivity index (χ1) is 9.22. The zero-order valence-electron chi connectivity index (χ0n) is 11.1. The van der Waals surface area contributed by atoms with Gasteiger partial charge >= 0.3 is 0 Å². The second kappa shape index (κ2) is 6.54. The summed E-state index contributed by atoms with van der Waals surface area (Å²) in [6.45, 7) is 2.19. The highest BCUT2D eigenvalue weighted by atomic mass is 16.3. The number of rotatable bonds is 7. The molecular formula is C14H20N2O3. The number of oxazole rings is 1. The average Bonchev–Trinajstić information content (AvgIpc) is 2.84. The van der Waals surface area contributed by atoms with Crippen molar-refractivity contribution >= 4 is 16.8 Å². The monoisotopic (exact) mass is 264 g/mol. The molecule has 0 aliphatic carbocycles. The third-order valence-electron chi connectivity index (χ3n) is 2.93. The summed E-state index contributed by atoms with van der Waals surface area (Å²) in [6, 6.07) is 5.63. The fraction of sp³-hybridized carbons (Fsp3) is 0.500. The van der Waals surface area contributed by atoms with Crippen molar-refractivity contribution in [1.82, 2.24) is 4.98 Å². The van der Waals surface area contributed by atoms with Crippen molar-refractivity contribution in [3.63, 3.8) is 0 Å². The van der Waals surface area contributed by atoms with Gasteiger partial charge in [0.25, 0.3) is 0 Å². The van der Waals surface area contributed by atoms with E-state index < -0.39 is 6.10 Å². The Morgan fingerprint density at radius 1 is 1.42 bits per heavy atom. The molecule has 1 heterocycles. The van der Waals surface area contributed by atoms with Crippen LogP contribution in [0.3, 0.4) is 0 Å². The fourth-order valence-electron chi connectivity index (χ4n) is 1.82. The minimum Gasteiger partial charge on any atom is -0.441 e. The number of aryl methyl sites for hydroxylation is 1. The van der Waals surface area contributed by atoms with Crippen molar-refractivity contribution < 1.29 is 14.6 Å². The van der Waals surface area contributed by atoms with Gasteiger partial charge in [-0.1, -0.05) is 13.3 Å². The van der Waals surface area contributed by atoms with E-state index in [4.69, 9.17) is 9.52 Å². The highest BCUT2D eigenvalue weighted by Crippen LogP contribution is 2.20. The lowest BCUT2D eigenvalue weighted by molar-refractivity contribution is 0.105. The molecule has 1 aromatic heterocycles. The van der Waals surface area contributed by atoms with Crippen LogP contribution in [0.2, 0.25) is 0 Å². The second-order valence-electron chi connectivity index (χ2n) is 4.61. The lowest BCUT2D eigenvalue weighted by Gasteiger charge is -2.09. The maximum atomic E-state index is 9.29. The van der Waals surface area contributed by atoms with E-state index in [2.05, 4.69) is 17.2 Å². The van der Waals surface area contributed by atoms with Crippen LogP contribution in [0.25, 0.3) is 11.1 Å². The molecule has 0 amide bonds. The molecule has 2 rings (SSSR count). The number of unbranched alkanes of at least 4 members (excludes halogenated alkanes) is 1. The van der Waals surface area contributed by atoms with Gasteiger partial charge in [-0.2, -0.15) is 0 Å². The smallest absolute Gasteiger partial charge is 0.195 e. The van der Waals surface area contributed by atoms with Crippen molar-refractivity contribution in [3.05, 3.63) is 24.1 Å². The third kappa shape index (κ3) is 3.68. The number of nitrogens with one attached hydrogen (secondary N) is 1. The van der Waals surface area contributed by atoms with E-state index >= 15 is 0 Å². The molecule has 19 heavy (non-hydrogen) atoms. The Labute approximate surface area is 112 Å². The summed E-state index contributed by atoms with van der Waals surface area (Å²) < 4.78 is 5.64. The number of anilines is 1. The van der Waals surface area contributed by atoms with Gasteiger partial charge in [-0.15, -0.1) is 0 Å². The molecule has 1 unspecified atom stereocenters. The fourth-order valence-corrected chi connectivity index (χ4v) is 1.82. The highest BCUT2D eigenvalue weighted by Gasteiger charge is 2.07. The molecule has 0 saturated carbocycles. The van der Waals surface area contributed by atoms with E-state index in [0.717, 1.165) is 41.9 Å². The zero-order chi connectivity index (χ0) is 13.7. The molecule has 104 valence electrons. The highest BCUT2D eigenvalue weighted by molar-refractivity contribution is 5.77. The van der Waals surface area contributed by atoms with Crippen LogP contribution in [0.15, 0.2) is 22.6 Å². The molecular weight excluding hydrogens is 244 g/mol. The first kappa shape index (κ1) is 13.8. The van der Waals surface area contributed by atoms with Crippen LogP contribution < -0.4 is 5.32 Å². The lowest BCUT2D eigenvalue weighted by Crippen LogP contribution is -2.22. The third-order valence-corrected chi connectivity index (χ3v) is 2.93. The number of benzene rings is 1. The van der Waals surface area contributed by atoms with Crippen LogP contribution >= 0.6 is 0 Å². The van der Waals surface area contributed by atoms with E-state index in [1.807, 2.05) is 18.2 Å². The number of nitrogens with zero attached hydrogens (tertiary/aromatic N) is 1. The SMILES string of the molecule is CCCCc1nc2cc(NCC(O)CO)ccc2o1. The van der Waals surface area contributed by atoms with Crippen LogP contribution in [0.5, 0.6) is 0 Å². The number of aromatic nitrogens is 1. The van der Waals surface area contributed by atoms with Crippen LogP contribution in [-0.2, 0) is 6.42 Å². The molecule has 0 spiro atoms. The number of fused-ring (bicyclic) bond motifs is 1. The van der Waals surface area contributed by atoms with Crippen molar-refractivity contribution in [2.24, 2.45) is 0 Å². The molecule has 3 N–H and O–H groups in total.